The van der Waals surface area contributed by atoms with Crippen molar-refractivity contribution in [3.8, 4) is 11.5 Å². The van der Waals surface area contributed by atoms with E-state index in [0.717, 1.165) is 34.9 Å². The summed E-state index contributed by atoms with van der Waals surface area (Å²) in [6, 6.07) is 12.4. The van der Waals surface area contributed by atoms with Crippen molar-refractivity contribution in [3.63, 3.8) is 0 Å². The van der Waals surface area contributed by atoms with E-state index >= 15 is 0 Å². The van der Waals surface area contributed by atoms with Crippen molar-refractivity contribution < 1.29 is 4.74 Å². The van der Waals surface area contributed by atoms with Gasteiger partial charge in [0, 0.05) is 13.6 Å². The van der Waals surface area contributed by atoms with Gasteiger partial charge in [0.25, 0.3) is 0 Å². The molecule has 0 aliphatic heterocycles. The Kier molecular flexibility index (Phi) is 6.25. The molecule has 0 aliphatic rings. The molecule has 138 valence electrons. The van der Waals surface area contributed by atoms with Gasteiger partial charge in [-0.25, -0.2) is 4.99 Å². The molecule has 0 aliphatic carbocycles. The van der Waals surface area contributed by atoms with Crippen LogP contribution in [0, 0.1) is 13.8 Å². The summed E-state index contributed by atoms with van der Waals surface area (Å²) in [6.07, 6.45) is 3.68. The van der Waals surface area contributed by atoms with Gasteiger partial charge in [0.1, 0.15) is 11.5 Å². The van der Waals surface area contributed by atoms with Gasteiger partial charge < -0.3 is 9.64 Å². The molecule has 26 heavy (non-hydrogen) atoms. The monoisotopic (exact) mass is 350 g/mol. The number of nitrogens with zero attached hydrogens (tertiary/aromatic N) is 2. The first-order valence-electron chi connectivity index (χ1n) is 8.95. The van der Waals surface area contributed by atoms with Gasteiger partial charge in [0.2, 0.25) is 0 Å². The normalized spacial score (nSPS) is 11.6. The molecule has 2 rings (SSSR count). The van der Waals surface area contributed by atoms with Crippen molar-refractivity contribution in [1.29, 1.82) is 0 Å². The molecule has 0 N–H and O–H groups in total. The zero-order chi connectivity index (χ0) is 19.3. The summed E-state index contributed by atoms with van der Waals surface area (Å²) >= 11 is 0. The quantitative estimate of drug-likeness (QED) is 0.353. The standard InChI is InChI=1S/C23H30N2O/c1-8-12-25(7)16-24-21-13-18(3)22(14-17(21)2)26-20-11-9-10-19(15-20)23(4,5)6/h8-11,13-16H,1,12H2,2-7H3/b24-16+. The molecular formula is C23H30N2O. The summed E-state index contributed by atoms with van der Waals surface area (Å²) in [5, 5.41) is 0. The van der Waals surface area contributed by atoms with E-state index in [2.05, 4.69) is 70.5 Å². The molecule has 0 unspecified atom stereocenters. The second kappa shape index (κ2) is 8.22. The lowest BCUT2D eigenvalue weighted by Crippen LogP contribution is -2.15. The van der Waals surface area contributed by atoms with E-state index in [1.807, 2.05) is 36.5 Å². The molecule has 2 aromatic rings. The van der Waals surface area contributed by atoms with Crippen molar-refractivity contribution in [1.82, 2.24) is 4.90 Å². The van der Waals surface area contributed by atoms with Crippen molar-refractivity contribution in [2.45, 2.75) is 40.0 Å². The van der Waals surface area contributed by atoms with Gasteiger partial charge in [0.15, 0.2) is 0 Å². The zero-order valence-electron chi connectivity index (χ0n) is 16.8. The predicted octanol–water partition coefficient (Wildman–Crippen LogP) is 6.17. The third kappa shape index (κ3) is 5.22. The minimum Gasteiger partial charge on any atom is -0.457 e. The Labute approximate surface area is 158 Å². The summed E-state index contributed by atoms with van der Waals surface area (Å²) in [5.74, 6) is 1.73. The van der Waals surface area contributed by atoms with Crippen LogP contribution in [0.2, 0.25) is 0 Å². The number of ether oxygens (including phenoxy) is 1. The molecule has 2 aromatic carbocycles. The van der Waals surface area contributed by atoms with Gasteiger partial charge >= 0.3 is 0 Å². The molecule has 0 aromatic heterocycles. The highest BCUT2D eigenvalue weighted by atomic mass is 16.5. The molecule has 0 radical (unpaired) electrons. The van der Waals surface area contributed by atoms with E-state index in [0.29, 0.717) is 0 Å². The number of aryl methyl sites for hydroxylation is 2. The van der Waals surface area contributed by atoms with Gasteiger partial charge in [-0.2, -0.15) is 0 Å². The van der Waals surface area contributed by atoms with Gasteiger partial charge in [-0.1, -0.05) is 39.0 Å². The molecule has 0 amide bonds. The fourth-order valence-corrected chi connectivity index (χ4v) is 2.59. The first-order chi connectivity index (χ1) is 12.2. The number of rotatable bonds is 6. The van der Waals surface area contributed by atoms with Crippen molar-refractivity contribution in [2.75, 3.05) is 13.6 Å². The van der Waals surface area contributed by atoms with Gasteiger partial charge in [-0.05, 0) is 60.2 Å². The lowest BCUT2D eigenvalue weighted by molar-refractivity contribution is 0.474. The molecule has 0 atom stereocenters. The van der Waals surface area contributed by atoms with Crippen LogP contribution >= 0.6 is 0 Å². The van der Waals surface area contributed by atoms with Gasteiger partial charge in [0.05, 0.1) is 12.0 Å². The minimum atomic E-state index is 0.0976. The summed E-state index contributed by atoms with van der Waals surface area (Å²) in [7, 11) is 1.98. The SMILES string of the molecule is C=CCN(C)/C=N/c1cc(C)c(Oc2cccc(C(C)(C)C)c2)cc1C. The average Bonchev–Trinajstić information content (AvgIpc) is 2.56. The molecular weight excluding hydrogens is 320 g/mol. The Balaban J connectivity index is 2.24. The number of aliphatic imine (C=N–C) groups is 1. The fraction of sp³-hybridized carbons (Fsp3) is 0.348. The van der Waals surface area contributed by atoms with E-state index in [1.54, 1.807) is 0 Å². The molecule has 0 fully saturated rings. The zero-order valence-corrected chi connectivity index (χ0v) is 16.8. The molecule has 0 heterocycles. The molecule has 0 saturated carbocycles. The smallest absolute Gasteiger partial charge is 0.130 e. The Morgan fingerprint density at radius 2 is 1.85 bits per heavy atom. The summed E-state index contributed by atoms with van der Waals surface area (Å²) < 4.78 is 6.17. The first-order valence-corrected chi connectivity index (χ1v) is 8.95. The minimum absolute atomic E-state index is 0.0976. The van der Waals surface area contributed by atoms with Gasteiger partial charge in [-0.3, -0.25) is 0 Å². The molecule has 3 nitrogen and oxygen atoms in total. The number of benzene rings is 2. The van der Waals surface area contributed by atoms with Gasteiger partial charge in [-0.15, -0.1) is 6.58 Å². The van der Waals surface area contributed by atoms with E-state index in [9.17, 15) is 0 Å². The van der Waals surface area contributed by atoms with Crippen molar-refractivity contribution in [2.24, 2.45) is 4.99 Å². The maximum absolute atomic E-state index is 6.17. The topological polar surface area (TPSA) is 24.8 Å². The average molecular weight is 351 g/mol. The summed E-state index contributed by atoms with van der Waals surface area (Å²) in [4.78, 5) is 6.57. The Hall–Kier alpha value is -2.55. The van der Waals surface area contributed by atoms with Crippen LogP contribution in [0.1, 0.15) is 37.5 Å². The molecule has 3 heteroatoms. The Morgan fingerprint density at radius 1 is 1.12 bits per heavy atom. The third-order valence-electron chi connectivity index (χ3n) is 4.23. The van der Waals surface area contributed by atoms with E-state index in [1.165, 1.54) is 5.56 Å². The van der Waals surface area contributed by atoms with Crippen LogP contribution in [0.15, 0.2) is 54.0 Å². The van der Waals surface area contributed by atoms with Crippen molar-refractivity contribution >= 4 is 12.0 Å². The largest absolute Gasteiger partial charge is 0.457 e. The first kappa shape index (κ1) is 19.8. The second-order valence-corrected chi connectivity index (χ2v) is 7.76. The van der Waals surface area contributed by atoms with Crippen molar-refractivity contribution in [3.05, 3.63) is 65.7 Å². The molecule has 0 saturated heterocycles. The predicted molar refractivity (Wildman–Crippen MR) is 112 cm³/mol. The van der Waals surface area contributed by atoms with E-state index < -0.39 is 0 Å². The molecule has 0 spiro atoms. The van der Waals surface area contributed by atoms with E-state index in [-0.39, 0.29) is 5.41 Å². The Morgan fingerprint density at radius 3 is 2.50 bits per heavy atom. The Bertz CT molecular complexity index is 800. The highest BCUT2D eigenvalue weighted by Gasteiger charge is 2.14. The highest BCUT2D eigenvalue weighted by molar-refractivity contribution is 5.65. The van der Waals surface area contributed by atoms with Crippen LogP contribution in [0.25, 0.3) is 0 Å². The van der Waals surface area contributed by atoms with Crippen LogP contribution in [-0.4, -0.2) is 24.8 Å². The van der Waals surface area contributed by atoms with Crippen LogP contribution in [-0.2, 0) is 5.41 Å². The second-order valence-electron chi connectivity index (χ2n) is 7.76. The van der Waals surface area contributed by atoms with Crippen LogP contribution in [0.4, 0.5) is 5.69 Å². The third-order valence-corrected chi connectivity index (χ3v) is 4.23. The maximum Gasteiger partial charge on any atom is 0.130 e. The summed E-state index contributed by atoms with van der Waals surface area (Å²) in [6.45, 7) is 15.2. The lowest BCUT2D eigenvalue weighted by atomic mass is 9.87. The summed E-state index contributed by atoms with van der Waals surface area (Å²) in [5.41, 5.74) is 4.46. The highest BCUT2D eigenvalue weighted by Crippen LogP contribution is 2.33. The number of likely N-dealkylation sites (N-methyl/N-ethyl adjacent to an activating group) is 1. The number of hydrogen-bond donors (Lipinski definition) is 0. The van der Waals surface area contributed by atoms with Crippen LogP contribution < -0.4 is 4.74 Å². The van der Waals surface area contributed by atoms with E-state index in [4.69, 9.17) is 4.74 Å². The number of hydrogen-bond acceptors (Lipinski definition) is 2. The van der Waals surface area contributed by atoms with Crippen LogP contribution in [0.5, 0.6) is 11.5 Å². The van der Waals surface area contributed by atoms with Crippen LogP contribution in [0.3, 0.4) is 0 Å². The lowest BCUT2D eigenvalue weighted by Gasteiger charge is -2.20. The molecule has 0 bridgehead atoms. The maximum atomic E-state index is 6.17. The fourth-order valence-electron chi connectivity index (χ4n) is 2.59.